The van der Waals surface area contributed by atoms with Crippen molar-refractivity contribution in [2.75, 3.05) is 19.4 Å². The molecule has 0 saturated carbocycles. The van der Waals surface area contributed by atoms with E-state index in [0.29, 0.717) is 11.3 Å². The molecule has 0 fully saturated rings. The van der Waals surface area contributed by atoms with Crippen molar-refractivity contribution in [3.05, 3.63) is 29.8 Å². The molecule has 0 aliphatic heterocycles. The number of carbonyl (C=O) groups excluding carboxylic acids is 2. The van der Waals surface area contributed by atoms with Crippen LogP contribution < -0.4 is 5.32 Å². The van der Waals surface area contributed by atoms with Gasteiger partial charge in [0.2, 0.25) is 5.91 Å². The molecule has 2 amide bonds. The Morgan fingerprint density at radius 2 is 2.00 bits per heavy atom. The second-order valence-electron chi connectivity index (χ2n) is 4.58. The number of rotatable bonds is 4. The van der Waals surface area contributed by atoms with Crippen LogP contribution in [0.4, 0.5) is 5.69 Å². The molecule has 0 aliphatic carbocycles. The highest BCUT2D eigenvalue weighted by Crippen LogP contribution is 2.14. The maximum absolute atomic E-state index is 11.8. The summed E-state index contributed by atoms with van der Waals surface area (Å²) >= 11 is 0. The Morgan fingerprint density at radius 3 is 2.56 bits per heavy atom. The van der Waals surface area contributed by atoms with Crippen LogP contribution in [0.15, 0.2) is 24.3 Å². The summed E-state index contributed by atoms with van der Waals surface area (Å²) in [5.41, 5.74) is 1.23. The summed E-state index contributed by atoms with van der Waals surface area (Å²) in [5, 5.41) is 2.82. The van der Waals surface area contributed by atoms with Gasteiger partial charge in [-0.3, -0.25) is 9.59 Å². The van der Waals surface area contributed by atoms with Gasteiger partial charge in [-0.15, -0.1) is 0 Å². The van der Waals surface area contributed by atoms with Crippen molar-refractivity contribution in [2.24, 2.45) is 5.92 Å². The van der Waals surface area contributed by atoms with Crippen molar-refractivity contribution in [2.45, 2.75) is 20.3 Å². The lowest BCUT2D eigenvalue weighted by Crippen LogP contribution is -2.22. The van der Waals surface area contributed by atoms with Crippen LogP contribution in [-0.4, -0.2) is 30.8 Å². The quantitative estimate of drug-likeness (QED) is 0.889. The zero-order valence-electron chi connectivity index (χ0n) is 11.4. The minimum Gasteiger partial charge on any atom is -0.345 e. The average molecular weight is 248 g/mol. The maximum atomic E-state index is 11.8. The van der Waals surface area contributed by atoms with Gasteiger partial charge in [-0.1, -0.05) is 19.9 Å². The summed E-state index contributed by atoms with van der Waals surface area (Å²) in [6.07, 6.45) is 0.794. The Kier molecular flexibility index (Phi) is 4.89. The molecular weight excluding hydrogens is 228 g/mol. The molecule has 0 radical (unpaired) electrons. The summed E-state index contributed by atoms with van der Waals surface area (Å²) < 4.78 is 0. The predicted molar refractivity (Wildman–Crippen MR) is 72.5 cm³/mol. The van der Waals surface area contributed by atoms with Gasteiger partial charge in [-0.25, -0.2) is 0 Å². The van der Waals surface area contributed by atoms with Crippen molar-refractivity contribution in [3.63, 3.8) is 0 Å². The Balaban J connectivity index is 2.83. The van der Waals surface area contributed by atoms with Crippen molar-refractivity contribution in [1.82, 2.24) is 4.90 Å². The first-order valence-corrected chi connectivity index (χ1v) is 6.08. The van der Waals surface area contributed by atoms with Crippen molar-refractivity contribution >= 4 is 17.5 Å². The van der Waals surface area contributed by atoms with Crippen LogP contribution in [0.5, 0.6) is 0 Å². The standard InChI is InChI=1S/C14H20N2O2/c1-5-10(2)13(17)15-12-8-6-7-11(9-12)14(18)16(3)4/h6-10H,5H2,1-4H3,(H,15,17). The third-order valence-corrected chi connectivity index (χ3v) is 2.84. The number of hydrogen-bond donors (Lipinski definition) is 1. The van der Waals surface area contributed by atoms with E-state index in [4.69, 9.17) is 0 Å². The topological polar surface area (TPSA) is 49.4 Å². The van der Waals surface area contributed by atoms with E-state index in [1.807, 2.05) is 13.8 Å². The van der Waals surface area contributed by atoms with Crippen LogP contribution in [0.25, 0.3) is 0 Å². The molecule has 0 heterocycles. The molecule has 1 rings (SSSR count). The zero-order chi connectivity index (χ0) is 13.7. The van der Waals surface area contributed by atoms with Gasteiger partial charge in [0, 0.05) is 31.3 Å². The molecule has 1 unspecified atom stereocenters. The highest BCUT2D eigenvalue weighted by molar-refractivity contribution is 5.97. The first-order valence-electron chi connectivity index (χ1n) is 6.08. The first-order chi connectivity index (χ1) is 8.45. The van der Waals surface area contributed by atoms with E-state index in [1.165, 1.54) is 4.90 Å². The summed E-state index contributed by atoms with van der Waals surface area (Å²) in [4.78, 5) is 25.0. The molecule has 1 aromatic rings. The molecule has 0 bridgehead atoms. The van der Waals surface area contributed by atoms with E-state index >= 15 is 0 Å². The normalized spacial score (nSPS) is 11.8. The molecule has 0 spiro atoms. The van der Waals surface area contributed by atoms with Gasteiger partial charge < -0.3 is 10.2 Å². The van der Waals surface area contributed by atoms with E-state index in [2.05, 4.69) is 5.32 Å². The molecule has 98 valence electrons. The van der Waals surface area contributed by atoms with Crippen LogP contribution in [-0.2, 0) is 4.79 Å². The SMILES string of the molecule is CCC(C)C(=O)Nc1cccc(C(=O)N(C)C)c1. The minimum absolute atomic E-state index is 0.0213. The molecule has 1 aromatic carbocycles. The third kappa shape index (κ3) is 3.58. The first kappa shape index (κ1) is 14.2. The van der Waals surface area contributed by atoms with Crippen molar-refractivity contribution < 1.29 is 9.59 Å². The maximum Gasteiger partial charge on any atom is 0.253 e. The van der Waals surface area contributed by atoms with Crippen LogP contribution in [0.3, 0.4) is 0 Å². The highest BCUT2D eigenvalue weighted by atomic mass is 16.2. The van der Waals surface area contributed by atoms with Gasteiger partial charge in [0.05, 0.1) is 0 Å². The summed E-state index contributed by atoms with van der Waals surface area (Å²) in [6, 6.07) is 6.99. The number of hydrogen-bond acceptors (Lipinski definition) is 2. The third-order valence-electron chi connectivity index (χ3n) is 2.84. The average Bonchev–Trinajstić information content (AvgIpc) is 2.36. The van der Waals surface area contributed by atoms with Gasteiger partial charge in [-0.05, 0) is 24.6 Å². The van der Waals surface area contributed by atoms with E-state index in [-0.39, 0.29) is 17.7 Å². The van der Waals surface area contributed by atoms with Crippen molar-refractivity contribution in [1.29, 1.82) is 0 Å². The smallest absolute Gasteiger partial charge is 0.253 e. The highest BCUT2D eigenvalue weighted by Gasteiger charge is 2.12. The fourth-order valence-electron chi connectivity index (χ4n) is 1.44. The molecule has 1 N–H and O–H groups in total. The number of nitrogens with one attached hydrogen (secondary N) is 1. The molecule has 18 heavy (non-hydrogen) atoms. The molecule has 4 nitrogen and oxygen atoms in total. The van der Waals surface area contributed by atoms with Gasteiger partial charge in [0.15, 0.2) is 0 Å². The number of carbonyl (C=O) groups is 2. The lowest BCUT2D eigenvalue weighted by molar-refractivity contribution is -0.119. The van der Waals surface area contributed by atoms with Crippen LogP contribution in [0.2, 0.25) is 0 Å². The lowest BCUT2D eigenvalue weighted by atomic mass is 10.1. The van der Waals surface area contributed by atoms with Gasteiger partial charge >= 0.3 is 0 Å². The largest absolute Gasteiger partial charge is 0.345 e. The summed E-state index contributed by atoms with van der Waals surface area (Å²) in [7, 11) is 3.40. The predicted octanol–water partition coefficient (Wildman–Crippen LogP) is 2.37. The minimum atomic E-state index is -0.0744. The second-order valence-corrected chi connectivity index (χ2v) is 4.58. The molecule has 4 heteroatoms. The second kappa shape index (κ2) is 6.19. The number of benzene rings is 1. The Morgan fingerprint density at radius 1 is 1.33 bits per heavy atom. The Hall–Kier alpha value is -1.84. The Bertz CT molecular complexity index is 441. The molecule has 0 aliphatic rings. The summed E-state index contributed by atoms with van der Waals surface area (Å²) in [6.45, 7) is 3.85. The van der Waals surface area contributed by atoms with Gasteiger partial charge in [-0.2, -0.15) is 0 Å². The number of nitrogens with zero attached hydrogens (tertiary/aromatic N) is 1. The molecule has 0 saturated heterocycles. The number of amides is 2. The molecule has 1 atom stereocenters. The summed E-state index contributed by atoms with van der Waals surface area (Å²) in [5.74, 6) is -0.125. The fourth-order valence-corrected chi connectivity index (χ4v) is 1.44. The number of anilines is 1. The molecule has 0 aromatic heterocycles. The Labute approximate surface area is 108 Å². The van der Waals surface area contributed by atoms with E-state index < -0.39 is 0 Å². The van der Waals surface area contributed by atoms with E-state index in [0.717, 1.165) is 6.42 Å². The van der Waals surface area contributed by atoms with Crippen LogP contribution >= 0.6 is 0 Å². The van der Waals surface area contributed by atoms with E-state index in [9.17, 15) is 9.59 Å². The van der Waals surface area contributed by atoms with E-state index in [1.54, 1.807) is 38.4 Å². The van der Waals surface area contributed by atoms with Gasteiger partial charge in [0.25, 0.3) is 5.91 Å². The zero-order valence-corrected chi connectivity index (χ0v) is 11.4. The van der Waals surface area contributed by atoms with Gasteiger partial charge in [0.1, 0.15) is 0 Å². The fraction of sp³-hybridized carbons (Fsp3) is 0.429. The monoisotopic (exact) mass is 248 g/mol. The van der Waals surface area contributed by atoms with Crippen molar-refractivity contribution in [3.8, 4) is 0 Å². The van der Waals surface area contributed by atoms with Crippen LogP contribution in [0, 0.1) is 5.92 Å². The van der Waals surface area contributed by atoms with Crippen LogP contribution in [0.1, 0.15) is 30.6 Å². The lowest BCUT2D eigenvalue weighted by Gasteiger charge is -2.13. The molecular formula is C14H20N2O2.